The van der Waals surface area contributed by atoms with Crippen molar-refractivity contribution < 1.29 is 23.6 Å². The first-order chi connectivity index (χ1) is 19.6. The van der Waals surface area contributed by atoms with Crippen LogP contribution in [0.5, 0.6) is 5.75 Å². The van der Waals surface area contributed by atoms with Gasteiger partial charge in [-0.05, 0) is 89.1 Å². The van der Waals surface area contributed by atoms with Crippen LogP contribution in [-0.2, 0) is 11.2 Å². The number of hydrogen-bond donors (Lipinski definition) is 1. The van der Waals surface area contributed by atoms with Crippen LogP contribution < -0.4 is 9.64 Å². The molecule has 2 aromatic heterocycles. The van der Waals surface area contributed by atoms with Gasteiger partial charge in [0.1, 0.15) is 11.6 Å². The summed E-state index contributed by atoms with van der Waals surface area (Å²) in [6, 6.07) is 11.0. The number of nitrogens with zero attached hydrogens (tertiary/aromatic N) is 4. The summed E-state index contributed by atoms with van der Waals surface area (Å²) in [5.41, 5.74) is 4.59. The Morgan fingerprint density at radius 1 is 1.15 bits per heavy atom. The molecule has 1 atom stereocenters. The molecule has 216 valence electrons. The number of aliphatic hydroxyl groups is 1. The van der Waals surface area contributed by atoms with Gasteiger partial charge in [0.05, 0.1) is 29.4 Å². The quantitative estimate of drug-likeness (QED) is 0.291. The highest BCUT2D eigenvalue weighted by Gasteiger charge is 2.35. The first-order valence-corrected chi connectivity index (χ1v) is 14.5. The Morgan fingerprint density at radius 3 is 2.61 bits per heavy atom. The normalized spacial score (nSPS) is 23.4. The number of carbonyl (C=O) groups excluding carboxylic acids is 1. The van der Waals surface area contributed by atoms with Crippen LogP contribution in [0.15, 0.2) is 40.9 Å². The molecule has 1 saturated heterocycles. The summed E-state index contributed by atoms with van der Waals surface area (Å²) in [4.78, 5) is 20.1. The van der Waals surface area contributed by atoms with Crippen molar-refractivity contribution >= 4 is 22.6 Å². The van der Waals surface area contributed by atoms with E-state index in [1.165, 1.54) is 13.2 Å². The zero-order chi connectivity index (χ0) is 28.9. The Morgan fingerprint density at radius 2 is 1.93 bits per heavy atom. The third-order valence-electron chi connectivity index (χ3n) is 8.88. The third kappa shape index (κ3) is 5.12. The summed E-state index contributed by atoms with van der Waals surface area (Å²) in [5.74, 6) is 1.32. The van der Waals surface area contributed by atoms with Gasteiger partial charge in [-0.2, -0.15) is 0 Å². The van der Waals surface area contributed by atoms with Crippen LogP contribution in [0, 0.1) is 19.7 Å². The van der Waals surface area contributed by atoms with E-state index in [1.54, 1.807) is 17.0 Å². The number of anilines is 1. The zero-order valence-corrected chi connectivity index (χ0v) is 24.1. The molecule has 6 rings (SSSR count). The molecule has 0 bridgehead atoms. The zero-order valence-electron chi connectivity index (χ0n) is 24.1. The van der Waals surface area contributed by atoms with Crippen molar-refractivity contribution in [1.82, 2.24) is 14.7 Å². The van der Waals surface area contributed by atoms with E-state index in [0.29, 0.717) is 31.4 Å². The fourth-order valence-corrected chi connectivity index (χ4v) is 6.74. The van der Waals surface area contributed by atoms with Gasteiger partial charge in [-0.15, -0.1) is 0 Å². The second-order valence-electron chi connectivity index (χ2n) is 11.9. The molecule has 2 aliphatic rings. The summed E-state index contributed by atoms with van der Waals surface area (Å²) in [6.07, 6.45) is 5.66. The van der Waals surface area contributed by atoms with Crippen molar-refractivity contribution in [2.75, 3.05) is 12.0 Å². The standard InChI is InChI=1S/C32H37FN4O4/c1-19-31(20(2)41-35-19)21-8-10-27-26(16-21)34-29(37(27)22-12-14-32(3,39)15-13-22)18-23-6-5-7-30(38)36(23)24-9-11-28(40-4)25(33)17-24/h8-11,16-17,22-23,39H,5-7,12-15,18H2,1-4H3/t22-,23-,32+/m0/s1. The minimum atomic E-state index is -0.658. The molecule has 2 aromatic carbocycles. The number of piperidine rings is 1. The van der Waals surface area contributed by atoms with E-state index in [1.807, 2.05) is 20.8 Å². The molecule has 41 heavy (non-hydrogen) atoms. The molecule has 4 aromatic rings. The molecule has 0 spiro atoms. The fourth-order valence-electron chi connectivity index (χ4n) is 6.74. The number of imidazole rings is 1. The van der Waals surface area contributed by atoms with Gasteiger partial charge in [0, 0.05) is 42.2 Å². The van der Waals surface area contributed by atoms with Gasteiger partial charge in [0.15, 0.2) is 11.6 Å². The summed E-state index contributed by atoms with van der Waals surface area (Å²) in [7, 11) is 1.43. The Hall–Kier alpha value is -3.72. The van der Waals surface area contributed by atoms with Crippen molar-refractivity contribution in [1.29, 1.82) is 0 Å². The van der Waals surface area contributed by atoms with Gasteiger partial charge >= 0.3 is 0 Å². The molecular formula is C32H37FN4O4. The monoisotopic (exact) mass is 560 g/mol. The topological polar surface area (TPSA) is 93.6 Å². The predicted molar refractivity (Wildman–Crippen MR) is 155 cm³/mol. The largest absolute Gasteiger partial charge is 0.494 e. The Balaban J connectivity index is 1.41. The molecule has 0 unspecified atom stereocenters. The maximum absolute atomic E-state index is 14.7. The summed E-state index contributed by atoms with van der Waals surface area (Å²) < 4.78 is 27.5. The number of rotatable bonds is 6. The van der Waals surface area contributed by atoms with E-state index in [-0.39, 0.29) is 23.7 Å². The van der Waals surface area contributed by atoms with Crippen molar-refractivity contribution in [3.63, 3.8) is 0 Å². The second-order valence-corrected chi connectivity index (χ2v) is 11.9. The minimum absolute atomic E-state index is 0.0112. The first kappa shape index (κ1) is 27.4. The van der Waals surface area contributed by atoms with Crippen LogP contribution in [0.25, 0.3) is 22.2 Å². The average Bonchev–Trinajstić information content (AvgIpc) is 3.46. The molecular weight excluding hydrogens is 523 g/mol. The molecule has 1 saturated carbocycles. The minimum Gasteiger partial charge on any atom is -0.494 e. The number of fused-ring (bicyclic) bond motifs is 1. The van der Waals surface area contributed by atoms with E-state index in [2.05, 4.69) is 27.9 Å². The van der Waals surface area contributed by atoms with Gasteiger partial charge in [-0.25, -0.2) is 9.37 Å². The fraction of sp³-hybridized carbons (Fsp3) is 0.469. The summed E-state index contributed by atoms with van der Waals surface area (Å²) >= 11 is 0. The molecule has 9 heteroatoms. The van der Waals surface area contributed by atoms with Crippen molar-refractivity contribution in [3.05, 3.63) is 59.5 Å². The van der Waals surface area contributed by atoms with E-state index < -0.39 is 11.4 Å². The second kappa shape index (κ2) is 10.6. The lowest BCUT2D eigenvalue weighted by molar-refractivity contribution is -0.120. The molecule has 2 fully saturated rings. The molecule has 3 heterocycles. The molecule has 1 N–H and O–H groups in total. The molecule has 1 aliphatic heterocycles. The molecule has 0 radical (unpaired) electrons. The van der Waals surface area contributed by atoms with Gasteiger partial charge in [0.2, 0.25) is 5.91 Å². The van der Waals surface area contributed by atoms with Crippen molar-refractivity contribution in [2.24, 2.45) is 0 Å². The maximum Gasteiger partial charge on any atom is 0.227 e. The van der Waals surface area contributed by atoms with Crippen molar-refractivity contribution in [3.8, 4) is 16.9 Å². The predicted octanol–water partition coefficient (Wildman–Crippen LogP) is 6.45. The summed E-state index contributed by atoms with van der Waals surface area (Å²) in [6.45, 7) is 5.75. The maximum atomic E-state index is 14.7. The molecule has 1 aliphatic carbocycles. The number of carbonyl (C=O) groups is 1. The van der Waals surface area contributed by atoms with E-state index in [9.17, 15) is 14.3 Å². The number of aromatic nitrogens is 3. The van der Waals surface area contributed by atoms with Gasteiger partial charge in [-0.1, -0.05) is 11.2 Å². The van der Waals surface area contributed by atoms with E-state index >= 15 is 0 Å². The van der Waals surface area contributed by atoms with Crippen LogP contribution in [-0.4, -0.2) is 44.5 Å². The van der Waals surface area contributed by atoms with Crippen LogP contribution >= 0.6 is 0 Å². The Kier molecular flexibility index (Phi) is 7.09. The first-order valence-electron chi connectivity index (χ1n) is 14.5. The Bertz CT molecular complexity index is 1580. The average molecular weight is 561 g/mol. The number of methoxy groups -OCH3 is 1. The number of halogens is 1. The lowest BCUT2D eigenvalue weighted by Crippen LogP contribution is -2.45. The van der Waals surface area contributed by atoms with Crippen molar-refractivity contribution in [2.45, 2.75) is 89.8 Å². The molecule has 8 nitrogen and oxygen atoms in total. The summed E-state index contributed by atoms with van der Waals surface area (Å²) in [5, 5.41) is 14.8. The number of benzene rings is 2. The van der Waals surface area contributed by atoms with Crippen LogP contribution in [0.1, 0.15) is 75.2 Å². The van der Waals surface area contributed by atoms with E-state index in [4.69, 9.17) is 14.2 Å². The highest BCUT2D eigenvalue weighted by atomic mass is 19.1. The highest BCUT2D eigenvalue weighted by Crippen LogP contribution is 2.39. The van der Waals surface area contributed by atoms with Gasteiger partial charge < -0.3 is 23.8 Å². The number of ether oxygens (including phenoxy) is 1. The van der Waals surface area contributed by atoms with Crippen LogP contribution in [0.4, 0.5) is 10.1 Å². The van der Waals surface area contributed by atoms with Crippen LogP contribution in [0.2, 0.25) is 0 Å². The number of hydrogen-bond acceptors (Lipinski definition) is 6. The Labute approximate surface area is 239 Å². The van der Waals surface area contributed by atoms with Gasteiger partial charge in [0.25, 0.3) is 0 Å². The smallest absolute Gasteiger partial charge is 0.227 e. The van der Waals surface area contributed by atoms with Crippen LogP contribution in [0.3, 0.4) is 0 Å². The lowest BCUT2D eigenvalue weighted by atomic mass is 9.83. The van der Waals surface area contributed by atoms with Gasteiger partial charge in [-0.3, -0.25) is 4.79 Å². The highest BCUT2D eigenvalue weighted by molar-refractivity contribution is 5.95. The molecule has 1 amide bonds. The third-order valence-corrected chi connectivity index (χ3v) is 8.88. The number of amides is 1. The number of aryl methyl sites for hydroxylation is 2. The van der Waals surface area contributed by atoms with E-state index in [0.717, 1.165) is 65.1 Å². The SMILES string of the molecule is COc1ccc(N2C(=O)CCC[C@H]2Cc2nc3cc(-c4c(C)noc4C)ccc3n2[C@H]2CC[C@@](C)(O)CC2)cc1F. The lowest BCUT2D eigenvalue weighted by Gasteiger charge is -2.37.